The highest BCUT2D eigenvalue weighted by molar-refractivity contribution is 7.08. The average molecular weight is 372 g/mol. The van der Waals surface area contributed by atoms with Crippen molar-refractivity contribution in [3.63, 3.8) is 0 Å². The van der Waals surface area contributed by atoms with Gasteiger partial charge >= 0.3 is 0 Å². The quantitative estimate of drug-likeness (QED) is 0.717. The summed E-state index contributed by atoms with van der Waals surface area (Å²) < 4.78 is 7.30. The first kappa shape index (κ1) is 17.4. The van der Waals surface area contributed by atoms with Gasteiger partial charge in [-0.3, -0.25) is 4.90 Å². The first-order chi connectivity index (χ1) is 12.7. The summed E-state index contributed by atoms with van der Waals surface area (Å²) in [6.07, 6.45) is 0. The molecule has 1 N–H and O–H groups in total. The second-order valence-corrected chi connectivity index (χ2v) is 7.64. The van der Waals surface area contributed by atoms with Crippen LogP contribution in [0.25, 0.3) is 17.0 Å². The molecule has 4 heterocycles. The average Bonchev–Trinajstić information content (AvgIpc) is 3.31. The van der Waals surface area contributed by atoms with Crippen molar-refractivity contribution in [2.45, 2.75) is 19.9 Å². The summed E-state index contributed by atoms with van der Waals surface area (Å²) in [5.74, 6) is 2.17. The lowest BCUT2D eigenvalue weighted by Gasteiger charge is -2.37. The number of aromatic nitrogens is 4. The third-order valence-electron chi connectivity index (χ3n) is 4.82. The van der Waals surface area contributed by atoms with E-state index in [1.54, 1.807) is 11.3 Å². The van der Waals surface area contributed by atoms with Gasteiger partial charge in [-0.2, -0.15) is 15.9 Å². The van der Waals surface area contributed by atoms with Crippen molar-refractivity contribution in [2.75, 3.05) is 38.2 Å². The molecule has 0 amide bonds. The molecule has 1 aliphatic rings. The van der Waals surface area contributed by atoms with Gasteiger partial charge in [-0.1, -0.05) is 13.8 Å². The van der Waals surface area contributed by atoms with Crippen molar-refractivity contribution in [1.82, 2.24) is 24.7 Å². The zero-order chi connectivity index (χ0) is 17.9. The summed E-state index contributed by atoms with van der Waals surface area (Å²) in [6, 6.07) is 6.42. The van der Waals surface area contributed by atoms with E-state index in [1.807, 2.05) is 28.1 Å². The lowest BCUT2D eigenvalue weighted by Crippen LogP contribution is -2.49. The predicted molar refractivity (Wildman–Crippen MR) is 104 cm³/mol. The Bertz CT molecular complexity index is 841. The molecular weight excluding hydrogens is 348 g/mol. The summed E-state index contributed by atoms with van der Waals surface area (Å²) in [7, 11) is 0. The Morgan fingerprint density at radius 1 is 1.19 bits per heavy atom. The van der Waals surface area contributed by atoms with Crippen LogP contribution in [0.5, 0.6) is 0 Å². The monoisotopic (exact) mass is 372 g/mol. The van der Waals surface area contributed by atoms with E-state index in [9.17, 15) is 0 Å². The summed E-state index contributed by atoms with van der Waals surface area (Å²) in [5.41, 5.74) is 1.80. The number of nitrogens with zero attached hydrogens (tertiary/aromatic N) is 5. The molecule has 0 aromatic carbocycles. The fourth-order valence-electron chi connectivity index (χ4n) is 3.36. The fraction of sp³-hybridized carbons (Fsp3) is 0.500. The van der Waals surface area contributed by atoms with Crippen LogP contribution in [0.2, 0.25) is 0 Å². The summed E-state index contributed by atoms with van der Waals surface area (Å²) in [4.78, 5) is 2.51. The predicted octanol–water partition coefficient (Wildman–Crippen LogP) is 2.62. The largest absolute Gasteiger partial charge is 0.379 e. The highest BCUT2D eigenvalue weighted by Crippen LogP contribution is 2.21. The molecule has 7 nitrogen and oxygen atoms in total. The van der Waals surface area contributed by atoms with E-state index < -0.39 is 0 Å². The van der Waals surface area contributed by atoms with Crippen molar-refractivity contribution in [1.29, 1.82) is 0 Å². The van der Waals surface area contributed by atoms with Crippen molar-refractivity contribution < 1.29 is 4.74 Å². The van der Waals surface area contributed by atoms with Gasteiger partial charge in [0.05, 0.1) is 13.2 Å². The van der Waals surface area contributed by atoms with E-state index in [0.717, 1.165) is 55.7 Å². The molecule has 3 aromatic rings. The molecular formula is C18H24N6OS. The van der Waals surface area contributed by atoms with Gasteiger partial charge in [0, 0.05) is 36.6 Å². The van der Waals surface area contributed by atoms with Crippen LogP contribution in [0.15, 0.2) is 29.0 Å². The van der Waals surface area contributed by atoms with Gasteiger partial charge < -0.3 is 10.1 Å². The maximum atomic E-state index is 5.49. The topological polar surface area (TPSA) is 67.6 Å². The molecule has 1 saturated heterocycles. The standard InChI is InChI=1S/C18H24N6OS/c1-13(2)15(23-6-8-25-9-7-23)11-19-16-3-4-17-20-21-18(24(17)22-16)14-5-10-26-12-14/h3-5,10,12-13,15H,6-9,11H2,1-2H3,(H,19,22). The number of rotatable bonds is 6. The van der Waals surface area contributed by atoms with Gasteiger partial charge in [-0.05, 0) is 29.5 Å². The maximum Gasteiger partial charge on any atom is 0.186 e. The molecule has 1 unspecified atom stereocenters. The zero-order valence-electron chi connectivity index (χ0n) is 15.1. The van der Waals surface area contributed by atoms with Crippen molar-refractivity contribution in [3.8, 4) is 11.4 Å². The van der Waals surface area contributed by atoms with E-state index in [-0.39, 0.29) is 0 Å². The Balaban J connectivity index is 1.52. The van der Waals surface area contributed by atoms with Crippen LogP contribution in [-0.4, -0.2) is 63.6 Å². The number of hydrogen-bond donors (Lipinski definition) is 1. The number of ether oxygens (including phenoxy) is 1. The smallest absolute Gasteiger partial charge is 0.186 e. The van der Waals surface area contributed by atoms with Crippen LogP contribution >= 0.6 is 11.3 Å². The summed E-state index contributed by atoms with van der Waals surface area (Å²) in [5, 5.41) is 20.8. The van der Waals surface area contributed by atoms with E-state index >= 15 is 0 Å². The Hall–Kier alpha value is -2.03. The van der Waals surface area contributed by atoms with Crippen molar-refractivity contribution >= 4 is 22.8 Å². The number of nitrogens with one attached hydrogen (secondary N) is 1. The molecule has 26 heavy (non-hydrogen) atoms. The number of hydrogen-bond acceptors (Lipinski definition) is 7. The van der Waals surface area contributed by atoms with Gasteiger partial charge in [0.25, 0.3) is 0 Å². The van der Waals surface area contributed by atoms with Crippen LogP contribution in [0.4, 0.5) is 5.82 Å². The number of fused-ring (bicyclic) bond motifs is 1. The van der Waals surface area contributed by atoms with Gasteiger partial charge in [0.15, 0.2) is 11.5 Å². The highest BCUT2D eigenvalue weighted by Gasteiger charge is 2.23. The fourth-order valence-corrected chi connectivity index (χ4v) is 3.99. The molecule has 0 spiro atoms. The first-order valence-electron chi connectivity index (χ1n) is 9.03. The Morgan fingerprint density at radius 2 is 2.04 bits per heavy atom. The van der Waals surface area contributed by atoms with Crippen LogP contribution in [0.3, 0.4) is 0 Å². The van der Waals surface area contributed by atoms with E-state index in [4.69, 9.17) is 9.84 Å². The highest BCUT2D eigenvalue weighted by atomic mass is 32.1. The second kappa shape index (κ2) is 7.69. The molecule has 8 heteroatoms. The number of morpholine rings is 1. The van der Waals surface area contributed by atoms with Crippen molar-refractivity contribution in [3.05, 3.63) is 29.0 Å². The van der Waals surface area contributed by atoms with Gasteiger partial charge in [0.1, 0.15) is 5.82 Å². The SMILES string of the molecule is CC(C)C(CNc1ccc2nnc(-c3ccsc3)n2n1)N1CCOCC1. The third kappa shape index (κ3) is 3.58. The minimum absolute atomic E-state index is 0.452. The molecule has 1 atom stereocenters. The van der Waals surface area contributed by atoms with Crippen LogP contribution in [0, 0.1) is 5.92 Å². The molecule has 0 aliphatic carbocycles. The lowest BCUT2D eigenvalue weighted by atomic mass is 10.0. The van der Waals surface area contributed by atoms with Crippen LogP contribution < -0.4 is 5.32 Å². The molecule has 1 fully saturated rings. The molecule has 1 aliphatic heterocycles. The number of thiophene rings is 1. The Kier molecular flexibility index (Phi) is 5.14. The van der Waals surface area contributed by atoms with Gasteiger partial charge in [-0.15, -0.1) is 15.3 Å². The van der Waals surface area contributed by atoms with Gasteiger partial charge in [-0.25, -0.2) is 0 Å². The molecule has 3 aromatic heterocycles. The zero-order valence-corrected chi connectivity index (χ0v) is 15.9. The van der Waals surface area contributed by atoms with Crippen molar-refractivity contribution in [2.24, 2.45) is 5.92 Å². The minimum atomic E-state index is 0.452. The van der Waals surface area contributed by atoms with E-state index in [1.165, 1.54) is 0 Å². The third-order valence-corrected chi connectivity index (χ3v) is 5.50. The molecule has 0 bridgehead atoms. The molecule has 4 rings (SSSR count). The molecule has 0 saturated carbocycles. The van der Waals surface area contributed by atoms with E-state index in [0.29, 0.717) is 12.0 Å². The lowest BCUT2D eigenvalue weighted by molar-refractivity contribution is 0.00953. The van der Waals surface area contributed by atoms with Gasteiger partial charge in [0.2, 0.25) is 0 Å². The summed E-state index contributed by atoms with van der Waals surface area (Å²) in [6.45, 7) is 9.01. The molecule has 0 radical (unpaired) electrons. The Morgan fingerprint density at radius 3 is 2.77 bits per heavy atom. The van der Waals surface area contributed by atoms with Crippen LogP contribution in [0.1, 0.15) is 13.8 Å². The number of anilines is 1. The normalized spacial score (nSPS) is 17.0. The summed E-state index contributed by atoms with van der Waals surface area (Å²) >= 11 is 1.64. The van der Waals surface area contributed by atoms with Crippen LogP contribution in [-0.2, 0) is 4.74 Å². The van der Waals surface area contributed by atoms with E-state index in [2.05, 4.69) is 39.6 Å². The second-order valence-electron chi connectivity index (χ2n) is 6.86. The maximum absolute atomic E-state index is 5.49. The first-order valence-corrected chi connectivity index (χ1v) is 9.97. The molecule has 138 valence electrons. The Labute approximate surface area is 157 Å². The minimum Gasteiger partial charge on any atom is -0.379 e.